The molecule has 0 aliphatic carbocycles. The fourth-order valence-corrected chi connectivity index (χ4v) is 3.41. The molecular formula is C21H28. The molecule has 0 bridgehead atoms. The molecule has 0 aromatic heterocycles. The lowest BCUT2D eigenvalue weighted by Crippen LogP contribution is -2.29. The first-order valence-electron chi connectivity index (χ1n) is 7.85. The van der Waals surface area contributed by atoms with Crippen molar-refractivity contribution in [1.82, 2.24) is 0 Å². The number of benzene rings is 2. The van der Waals surface area contributed by atoms with Gasteiger partial charge < -0.3 is 0 Å². The molecule has 0 aliphatic rings. The average Bonchev–Trinajstić information content (AvgIpc) is 2.36. The van der Waals surface area contributed by atoms with E-state index in [2.05, 4.69) is 90.1 Å². The van der Waals surface area contributed by atoms with E-state index in [1.54, 1.807) is 0 Å². The van der Waals surface area contributed by atoms with Gasteiger partial charge in [0.05, 0.1) is 0 Å². The van der Waals surface area contributed by atoms with Crippen molar-refractivity contribution >= 4 is 0 Å². The minimum Gasteiger partial charge on any atom is -0.0617 e. The van der Waals surface area contributed by atoms with Crippen LogP contribution in [0.1, 0.15) is 56.4 Å². The molecule has 0 N–H and O–H groups in total. The SMILES string of the molecule is Cc1cccc(C(C)(CC(C)(C)C)c2cccc(C)c2)c1. The maximum absolute atomic E-state index is 2.39. The lowest BCUT2D eigenvalue weighted by molar-refractivity contribution is 0.299. The number of rotatable bonds is 3. The molecule has 0 heteroatoms. The second-order valence-corrected chi connectivity index (χ2v) is 7.81. The van der Waals surface area contributed by atoms with Crippen molar-refractivity contribution in [2.45, 2.75) is 53.4 Å². The number of aryl methyl sites for hydroxylation is 2. The van der Waals surface area contributed by atoms with Gasteiger partial charge >= 0.3 is 0 Å². The minimum atomic E-state index is 0.0519. The smallest absolute Gasteiger partial charge is 0.0179 e. The zero-order valence-electron chi connectivity index (χ0n) is 14.3. The van der Waals surface area contributed by atoms with Gasteiger partial charge in [-0.3, -0.25) is 0 Å². The molecule has 21 heavy (non-hydrogen) atoms. The molecule has 0 amide bonds. The lowest BCUT2D eigenvalue weighted by atomic mass is 9.67. The van der Waals surface area contributed by atoms with Crippen molar-refractivity contribution in [3.8, 4) is 0 Å². The van der Waals surface area contributed by atoms with E-state index in [1.165, 1.54) is 22.3 Å². The molecule has 0 saturated heterocycles. The summed E-state index contributed by atoms with van der Waals surface area (Å²) >= 11 is 0. The van der Waals surface area contributed by atoms with Crippen LogP contribution in [0.25, 0.3) is 0 Å². The van der Waals surface area contributed by atoms with Crippen LogP contribution >= 0.6 is 0 Å². The molecule has 0 heterocycles. The zero-order valence-corrected chi connectivity index (χ0v) is 14.3. The van der Waals surface area contributed by atoms with Crippen LogP contribution < -0.4 is 0 Å². The molecule has 0 saturated carbocycles. The van der Waals surface area contributed by atoms with Gasteiger partial charge in [-0.15, -0.1) is 0 Å². The van der Waals surface area contributed by atoms with Crippen LogP contribution in [0.4, 0.5) is 0 Å². The van der Waals surface area contributed by atoms with Crippen LogP contribution in [0.2, 0.25) is 0 Å². The Labute approximate surface area is 130 Å². The fraction of sp³-hybridized carbons (Fsp3) is 0.429. The highest BCUT2D eigenvalue weighted by atomic mass is 14.4. The molecular weight excluding hydrogens is 252 g/mol. The van der Waals surface area contributed by atoms with Gasteiger partial charge in [0.25, 0.3) is 0 Å². The summed E-state index contributed by atoms with van der Waals surface area (Å²) in [6.07, 6.45) is 1.13. The normalized spacial score (nSPS) is 12.5. The van der Waals surface area contributed by atoms with Gasteiger partial charge in [-0.1, -0.05) is 87.4 Å². The Morgan fingerprint density at radius 2 is 1.14 bits per heavy atom. The summed E-state index contributed by atoms with van der Waals surface area (Å²) in [4.78, 5) is 0. The highest BCUT2D eigenvalue weighted by molar-refractivity contribution is 5.41. The summed E-state index contributed by atoms with van der Waals surface area (Å²) in [5.74, 6) is 0. The Bertz CT molecular complexity index is 568. The van der Waals surface area contributed by atoms with Crippen molar-refractivity contribution in [3.05, 3.63) is 70.8 Å². The summed E-state index contributed by atoms with van der Waals surface area (Å²) in [6.45, 7) is 13.7. The van der Waals surface area contributed by atoms with Gasteiger partial charge in [-0.05, 0) is 36.8 Å². The summed E-state index contributed by atoms with van der Waals surface area (Å²) in [7, 11) is 0. The molecule has 112 valence electrons. The van der Waals surface area contributed by atoms with Crippen LogP contribution in [-0.2, 0) is 5.41 Å². The van der Waals surface area contributed by atoms with Crippen LogP contribution in [0.15, 0.2) is 48.5 Å². The van der Waals surface area contributed by atoms with E-state index in [1.807, 2.05) is 0 Å². The standard InChI is InChI=1S/C21H28/c1-16-9-7-11-18(13-16)21(6,15-20(3,4)5)19-12-8-10-17(2)14-19/h7-14H,15H2,1-6H3. The van der Waals surface area contributed by atoms with E-state index in [0.717, 1.165) is 6.42 Å². The van der Waals surface area contributed by atoms with E-state index in [0.29, 0.717) is 0 Å². The molecule has 2 aromatic carbocycles. The van der Waals surface area contributed by atoms with Crippen LogP contribution in [0.3, 0.4) is 0 Å². The summed E-state index contributed by atoms with van der Waals surface area (Å²) in [5, 5.41) is 0. The van der Waals surface area contributed by atoms with Crippen LogP contribution in [0, 0.1) is 19.3 Å². The Morgan fingerprint density at radius 3 is 1.48 bits per heavy atom. The minimum absolute atomic E-state index is 0.0519. The molecule has 0 radical (unpaired) electrons. The van der Waals surface area contributed by atoms with E-state index >= 15 is 0 Å². The van der Waals surface area contributed by atoms with Gasteiger partial charge in [-0.2, -0.15) is 0 Å². The Morgan fingerprint density at radius 1 is 0.714 bits per heavy atom. The predicted molar refractivity (Wildman–Crippen MR) is 92.9 cm³/mol. The van der Waals surface area contributed by atoms with Gasteiger partial charge in [0.15, 0.2) is 0 Å². The zero-order chi connectivity index (χ0) is 15.7. The summed E-state index contributed by atoms with van der Waals surface area (Å²) in [5.41, 5.74) is 5.84. The molecule has 0 unspecified atom stereocenters. The molecule has 0 fully saturated rings. The van der Waals surface area contributed by atoms with Gasteiger partial charge in [0.2, 0.25) is 0 Å². The topological polar surface area (TPSA) is 0 Å². The van der Waals surface area contributed by atoms with E-state index in [-0.39, 0.29) is 10.8 Å². The summed E-state index contributed by atoms with van der Waals surface area (Å²) < 4.78 is 0. The maximum Gasteiger partial charge on any atom is 0.0179 e. The van der Waals surface area contributed by atoms with E-state index < -0.39 is 0 Å². The third-order valence-corrected chi connectivity index (χ3v) is 4.19. The van der Waals surface area contributed by atoms with Gasteiger partial charge in [0, 0.05) is 5.41 Å². The molecule has 0 atom stereocenters. The van der Waals surface area contributed by atoms with Crippen molar-refractivity contribution in [2.75, 3.05) is 0 Å². The molecule has 2 rings (SSSR count). The monoisotopic (exact) mass is 280 g/mol. The van der Waals surface area contributed by atoms with Crippen LogP contribution in [-0.4, -0.2) is 0 Å². The maximum atomic E-state index is 2.39. The van der Waals surface area contributed by atoms with Crippen molar-refractivity contribution in [3.63, 3.8) is 0 Å². The van der Waals surface area contributed by atoms with E-state index in [4.69, 9.17) is 0 Å². The first kappa shape index (κ1) is 15.8. The highest BCUT2D eigenvalue weighted by Crippen LogP contribution is 2.42. The first-order valence-corrected chi connectivity index (χ1v) is 7.85. The first-order chi connectivity index (χ1) is 9.71. The van der Waals surface area contributed by atoms with Crippen molar-refractivity contribution in [2.24, 2.45) is 5.41 Å². The Kier molecular flexibility index (Phi) is 4.27. The quantitative estimate of drug-likeness (QED) is 0.642. The third kappa shape index (κ3) is 3.75. The van der Waals surface area contributed by atoms with Crippen LogP contribution in [0.5, 0.6) is 0 Å². The largest absolute Gasteiger partial charge is 0.0617 e. The number of hydrogen-bond donors (Lipinski definition) is 0. The second-order valence-electron chi connectivity index (χ2n) is 7.81. The molecule has 0 spiro atoms. The van der Waals surface area contributed by atoms with Crippen molar-refractivity contribution < 1.29 is 0 Å². The summed E-state index contributed by atoms with van der Waals surface area (Å²) in [6, 6.07) is 18.0. The van der Waals surface area contributed by atoms with Gasteiger partial charge in [-0.25, -0.2) is 0 Å². The highest BCUT2D eigenvalue weighted by Gasteiger charge is 2.33. The van der Waals surface area contributed by atoms with Crippen molar-refractivity contribution in [1.29, 1.82) is 0 Å². The molecule has 0 nitrogen and oxygen atoms in total. The van der Waals surface area contributed by atoms with E-state index in [9.17, 15) is 0 Å². The van der Waals surface area contributed by atoms with Gasteiger partial charge in [0.1, 0.15) is 0 Å². The third-order valence-electron chi connectivity index (χ3n) is 4.19. The Balaban J connectivity index is 2.59. The Hall–Kier alpha value is -1.56. The fourth-order valence-electron chi connectivity index (χ4n) is 3.41. The average molecular weight is 280 g/mol. The molecule has 2 aromatic rings. The predicted octanol–water partition coefficient (Wildman–Crippen LogP) is 6.05. The number of hydrogen-bond acceptors (Lipinski definition) is 0. The molecule has 0 aliphatic heterocycles. The second kappa shape index (κ2) is 5.67. The lowest BCUT2D eigenvalue weighted by Gasteiger charge is -2.37.